The van der Waals surface area contributed by atoms with Crippen LogP contribution in [0.15, 0.2) is 24.3 Å². The van der Waals surface area contributed by atoms with Crippen LogP contribution in [0.3, 0.4) is 0 Å². The van der Waals surface area contributed by atoms with E-state index in [1.807, 2.05) is 17.0 Å². The lowest BCUT2D eigenvalue weighted by Crippen LogP contribution is -2.23. The van der Waals surface area contributed by atoms with Gasteiger partial charge in [0.15, 0.2) is 0 Å². The zero-order valence-electron chi connectivity index (χ0n) is 10.6. The highest BCUT2D eigenvalue weighted by Crippen LogP contribution is 2.24. The van der Waals surface area contributed by atoms with Crippen LogP contribution in [0, 0.1) is 0 Å². The standard InChI is InChI=1S/C14H20N2O/c1-3-11(2)15-12-6-4-7-13(10-12)16-9-5-8-14(16)17/h4,6-7,10-11,15H,3,5,8-9H2,1-2H3. The van der Waals surface area contributed by atoms with Gasteiger partial charge < -0.3 is 10.2 Å². The number of anilines is 2. The molecule has 1 atom stereocenters. The first-order chi connectivity index (χ1) is 8.20. The Bertz CT molecular complexity index is 403. The van der Waals surface area contributed by atoms with Gasteiger partial charge in [0.25, 0.3) is 0 Å². The third kappa shape index (κ3) is 2.78. The summed E-state index contributed by atoms with van der Waals surface area (Å²) in [5.74, 6) is 0.241. The van der Waals surface area contributed by atoms with Crippen molar-refractivity contribution in [2.24, 2.45) is 0 Å². The molecule has 92 valence electrons. The number of carbonyl (C=O) groups is 1. The summed E-state index contributed by atoms with van der Waals surface area (Å²) in [5.41, 5.74) is 2.11. The van der Waals surface area contributed by atoms with Crippen molar-refractivity contribution < 1.29 is 4.79 Å². The second kappa shape index (κ2) is 5.21. The van der Waals surface area contributed by atoms with Gasteiger partial charge in [-0.25, -0.2) is 0 Å². The van der Waals surface area contributed by atoms with Crippen LogP contribution in [0.25, 0.3) is 0 Å². The summed E-state index contributed by atoms with van der Waals surface area (Å²) in [6, 6.07) is 8.59. The van der Waals surface area contributed by atoms with E-state index in [0.717, 1.165) is 30.8 Å². The summed E-state index contributed by atoms with van der Waals surface area (Å²) in [6.07, 6.45) is 2.75. The fourth-order valence-corrected chi connectivity index (χ4v) is 2.07. The van der Waals surface area contributed by atoms with Gasteiger partial charge in [-0.2, -0.15) is 0 Å². The minimum Gasteiger partial charge on any atom is -0.383 e. The summed E-state index contributed by atoms with van der Waals surface area (Å²) < 4.78 is 0. The van der Waals surface area contributed by atoms with Crippen molar-refractivity contribution in [3.05, 3.63) is 24.3 Å². The third-order valence-electron chi connectivity index (χ3n) is 3.26. The van der Waals surface area contributed by atoms with Crippen molar-refractivity contribution in [3.8, 4) is 0 Å². The smallest absolute Gasteiger partial charge is 0.227 e. The maximum Gasteiger partial charge on any atom is 0.227 e. The fourth-order valence-electron chi connectivity index (χ4n) is 2.07. The average Bonchev–Trinajstić information content (AvgIpc) is 2.75. The largest absolute Gasteiger partial charge is 0.383 e. The maximum absolute atomic E-state index is 11.7. The van der Waals surface area contributed by atoms with Crippen molar-refractivity contribution in [2.75, 3.05) is 16.8 Å². The zero-order chi connectivity index (χ0) is 12.3. The first kappa shape index (κ1) is 12.0. The zero-order valence-corrected chi connectivity index (χ0v) is 10.6. The monoisotopic (exact) mass is 232 g/mol. The van der Waals surface area contributed by atoms with Gasteiger partial charge in [-0.3, -0.25) is 4.79 Å². The lowest BCUT2D eigenvalue weighted by atomic mass is 10.2. The second-order valence-corrected chi connectivity index (χ2v) is 4.65. The minimum absolute atomic E-state index is 0.241. The second-order valence-electron chi connectivity index (χ2n) is 4.65. The average molecular weight is 232 g/mol. The molecule has 3 heteroatoms. The van der Waals surface area contributed by atoms with Gasteiger partial charge in [-0.05, 0) is 38.0 Å². The molecule has 0 aliphatic carbocycles. The highest BCUT2D eigenvalue weighted by atomic mass is 16.2. The van der Waals surface area contributed by atoms with Crippen molar-refractivity contribution in [1.29, 1.82) is 0 Å². The Morgan fingerprint density at radius 3 is 2.94 bits per heavy atom. The maximum atomic E-state index is 11.7. The van der Waals surface area contributed by atoms with E-state index in [-0.39, 0.29) is 5.91 Å². The van der Waals surface area contributed by atoms with Crippen LogP contribution in [0.4, 0.5) is 11.4 Å². The summed E-state index contributed by atoms with van der Waals surface area (Å²) in [6.45, 7) is 5.17. The Hall–Kier alpha value is -1.51. The predicted octanol–water partition coefficient (Wildman–Crippen LogP) is 3.02. The molecule has 0 bridgehead atoms. The summed E-state index contributed by atoms with van der Waals surface area (Å²) >= 11 is 0. The quantitative estimate of drug-likeness (QED) is 0.865. The highest BCUT2D eigenvalue weighted by molar-refractivity contribution is 5.95. The van der Waals surface area contributed by atoms with E-state index in [9.17, 15) is 4.79 Å². The molecule has 1 heterocycles. The van der Waals surface area contributed by atoms with E-state index >= 15 is 0 Å². The molecular weight excluding hydrogens is 212 g/mol. The summed E-state index contributed by atoms with van der Waals surface area (Å²) in [5, 5.41) is 3.43. The summed E-state index contributed by atoms with van der Waals surface area (Å²) in [4.78, 5) is 13.5. The molecule has 1 aromatic rings. The molecule has 1 aliphatic heterocycles. The number of hydrogen-bond donors (Lipinski definition) is 1. The van der Waals surface area contributed by atoms with E-state index in [0.29, 0.717) is 12.5 Å². The van der Waals surface area contributed by atoms with Crippen molar-refractivity contribution in [2.45, 2.75) is 39.2 Å². The Balaban J connectivity index is 2.13. The molecule has 1 saturated heterocycles. The normalized spacial score (nSPS) is 17.3. The Morgan fingerprint density at radius 1 is 1.47 bits per heavy atom. The van der Waals surface area contributed by atoms with E-state index in [2.05, 4.69) is 31.3 Å². The first-order valence-electron chi connectivity index (χ1n) is 6.37. The lowest BCUT2D eigenvalue weighted by molar-refractivity contribution is -0.117. The number of amides is 1. The topological polar surface area (TPSA) is 32.3 Å². The Morgan fingerprint density at radius 2 is 2.29 bits per heavy atom. The van der Waals surface area contributed by atoms with Gasteiger partial charge in [0.1, 0.15) is 0 Å². The molecule has 3 nitrogen and oxygen atoms in total. The van der Waals surface area contributed by atoms with Crippen LogP contribution in [0.1, 0.15) is 33.1 Å². The van der Waals surface area contributed by atoms with Gasteiger partial charge in [-0.15, -0.1) is 0 Å². The number of carbonyl (C=O) groups excluding carboxylic acids is 1. The molecule has 0 aromatic heterocycles. The first-order valence-corrected chi connectivity index (χ1v) is 6.37. The lowest BCUT2D eigenvalue weighted by Gasteiger charge is -2.18. The molecule has 0 radical (unpaired) electrons. The van der Waals surface area contributed by atoms with Gasteiger partial charge in [0.05, 0.1) is 0 Å². The van der Waals surface area contributed by atoms with Crippen molar-refractivity contribution in [1.82, 2.24) is 0 Å². The molecule has 1 aliphatic rings. The van der Waals surface area contributed by atoms with Gasteiger partial charge in [0.2, 0.25) is 5.91 Å². The van der Waals surface area contributed by atoms with Crippen LogP contribution in [-0.4, -0.2) is 18.5 Å². The number of nitrogens with one attached hydrogen (secondary N) is 1. The molecule has 0 spiro atoms. The molecule has 2 rings (SSSR count). The van der Waals surface area contributed by atoms with Crippen LogP contribution >= 0.6 is 0 Å². The van der Waals surface area contributed by atoms with Gasteiger partial charge in [0, 0.05) is 30.4 Å². The van der Waals surface area contributed by atoms with Gasteiger partial charge in [-0.1, -0.05) is 13.0 Å². The van der Waals surface area contributed by atoms with Crippen LogP contribution in [0.2, 0.25) is 0 Å². The summed E-state index contributed by atoms with van der Waals surface area (Å²) in [7, 11) is 0. The molecule has 1 fully saturated rings. The van der Waals surface area contributed by atoms with E-state index < -0.39 is 0 Å². The molecular formula is C14H20N2O. The van der Waals surface area contributed by atoms with Crippen molar-refractivity contribution >= 4 is 17.3 Å². The Labute approximate surface area is 103 Å². The number of hydrogen-bond acceptors (Lipinski definition) is 2. The number of benzene rings is 1. The van der Waals surface area contributed by atoms with Gasteiger partial charge >= 0.3 is 0 Å². The molecule has 1 unspecified atom stereocenters. The fraction of sp³-hybridized carbons (Fsp3) is 0.500. The predicted molar refractivity (Wildman–Crippen MR) is 71.4 cm³/mol. The molecule has 1 aromatic carbocycles. The molecule has 17 heavy (non-hydrogen) atoms. The minimum atomic E-state index is 0.241. The molecule has 1 amide bonds. The van der Waals surface area contributed by atoms with E-state index in [1.165, 1.54) is 0 Å². The van der Waals surface area contributed by atoms with E-state index in [1.54, 1.807) is 0 Å². The number of nitrogens with zero attached hydrogens (tertiary/aromatic N) is 1. The van der Waals surface area contributed by atoms with Crippen molar-refractivity contribution in [3.63, 3.8) is 0 Å². The SMILES string of the molecule is CCC(C)Nc1cccc(N2CCCC2=O)c1. The van der Waals surface area contributed by atoms with E-state index in [4.69, 9.17) is 0 Å². The Kier molecular flexibility index (Phi) is 3.67. The highest BCUT2D eigenvalue weighted by Gasteiger charge is 2.21. The molecule has 0 saturated carbocycles. The number of rotatable bonds is 4. The molecule has 1 N–H and O–H groups in total. The van der Waals surface area contributed by atoms with Crippen LogP contribution in [0.5, 0.6) is 0 Å². The van der Waals surface area contributed by atoms with Crippen LogP contribution < -0.4 is 10.2 Å². The van der Waals surface area contributed by atoms with Crippen LogP contribution in [-0.2, 0) is 4.79 Å². The third-order valence-corrected chi connectivity index (χ3v) is 3.26.